The Morgan fingerprint density at radius 2 is 1.63 bits per heavy atom. The van der Waals surface area contributed by atoms with Gasteiger partial charge in [-0.15, -0.1) is 0 Å². The Labute approximate surface area is 280 Å². The van der Waals surface area contributed by atoms with Gasteiger partial charge in [0.15, 0.2) is 18.7 Å². The van der Waals surface area contributed by atoms with Crippen LogP contribution in [0.4, 0.5) is 0 Å². The third-order valence-corrected chi connectivity index (χ3v) is 7.85. The quantitative estimate of drug-likeness (QED) is 0.0140. The van der Waals surface area contributed by atoms with Crippen molar-refractivity contribution >= 4 is 27.4 Å². The van der Waals surface area contributed by atoms with Crippen LogP contribution in [0.2, 0.25) is 0 Å². The lowest BCUT2D eigenvalue weighted by Crippen LogP contribution is -2.44. The van der Waals surface area contributed by atoms with Gasteiger partial charge in [-0.2, -0.15) is 0 Å². The third-order valence-electron chi connectivity index (χ3n) is 6.84. The van der Waals surface area contributed by atoms with Crippen LogP contribution in [0.25, 0.3) is 10.4 Å². The fourth-order valence-corrected chi connectivity index (χ4v) is 5.51. The molecule has 4 unspecified atom stereocenters. The minimum Gasteiger partial charge on any atom is -0.386 e. The van der Waals surface area contributed by atoms with Gasteiger partial charge in [0.25, 0.3) is 0 Å². The van der Waals surface area contributed by atoms with Gasteiger partial charge < -0.3 is 69.1 Å². The summed E-state index contributed by atoms with van der Waals surface area (Å²) in [7, 11) is -10.2. The topological polar surface area (TPSA) is 332 Å². The highest BCUT2D eigenvalue weighted by Gasteiger charge is 2.56. The zero-order chi connectivity index (χ0) is 35.9. The molecule has 25 heteroatoms. The van der Waals surface area contributed by atoms with Gasteiger partial charge in [-0.1, -0.05) is 5.11 Å². The number of amides is 1. The summed E-state index contributed by atoms with van der Waals surface area (Å²) in [6.45, 7) is 2.39. The van der Waals surface area contributed by atoms with Gasteiger partial charge in [0.2, 0.25) is 5.91 Å². The monoisotopic (exact) mass is 747 g/mol. The Morgan fingerprint density at radius 1 is 1.00 bits per heavy atom. The normalized spacial score (nSPS) is 25.2. The van der Waals surface area contributed by atoms with Crippen LogP contribution in [0.15, 0.2) is 21.9 Å². The minimum atomic E-state index is -5.17. The largest absolute Gasteiger partial charge is 0.470 e. The first-order valence-corrected chi connectivity index (χ1v) is 18.2. The number of nitrogens with one attached hydrogen (secondary N) is 1. The van der Waals surface area contributed by atoms with Crippen LogP contribution in [-0.2, 0) is 51.4 Å². The highest BCUT2D eigenvalue weighted by atomic mass is 31.2. The standard InChI is InChI=1S/C24H43N7O16P2/c25-21-16(2-1-4-27-18(32)3-6-40-8-10-42-12-13-43-11-9-41-7-5-28-30-26)14-31(24-22(29-21)46-24)23-19(33)20(47-49(37,38)39)17(45-23)15-44-48(34,35)36/h14,17,19-20,22-24,33H,1-13,15H2,(H2,25,29)(H,27,32)(H2,34,35,36)(H2,37,38,39)/t17-,19?,20?,22?,23-,24?/m1/s1. The van der Waals surface area contributed by atoms with Crippen LogP contribution < -0.4 is 11.1 Å². The van der Waals surface area contributed by atoms with Crippen LogP contribution in [0.3, 0.4) is 0 Å². The van der Waals surface area contributed by atoms with Gasteiger partial charge in [0.1, 0.15) is 24.1 Å². The summed E-state index contributed by atoms with van der Waals surface area (Å²) >= 11 is 0. The molecule has 0 aromatic heterocycles. The minimum absolute atomic E-state index is 0.130. The molecule has 0 bridgehead atoms. The van der Waals surface area contributed by atoms with Crippen molar-refractivity contribution in [2.45, 2.75) is 56.3 Å². The number of carbonyl (C=O) groups excluding carboxylic acids is 1. The molecule has 0 spiro atoms. The molecular weight excluding hydrogens is 704 g/mol. The van der Waals surface area contributed by atoms with Crippen LogP contribution in [0.1, 0.15) is 19.3 Å². The summed E-state index contributed by atoms with van der Waals surface area (Å²) in [5.41, 5.74) is 14.8. The molecule has 6 atom stereocenters. The number of rotatable bonds is 25. The smallest absolute Gasteiger partial charge is 0.386 e. The van der Waals surface area contributed by atoms with Crippen molar-refractivity contribution < 1.29 is 76.1 Å². The van der Waals surface area contributed by atoms with E-state index >= 15 is 0 Å². The fourth-order valence-electron chi connectivity index (χ4n) is 4.59. The first-order chi connectivity index (χ1) is 23.3. The number of hydrogen-bond acceptors (Lipinski definition) is 16. The molecule has 0 radical (unpaired) electrons. The van der Waals surface area contributed by atoms with E-state index in [2.05, 4.69) is 29.4 Å². The second-order valence-electron chi connectivity index (χ2n) is 10.5. The lowest BCUT2D eigenvalue weighted by atomic mass is 10.1. The van der Waals surface area contributed by atoms with Crippen molar-refractivity contribution in [3.8, 4) is 0 Å². The molecule has 280 valence electrons. The van der Waals surface area contributed by atoms with Gasteiger partial charge in [-0.3, -0.25) is 13.8 Å². The molecule has 3 rings (SSSR count). The van der Waals surface area contributed by atoms with Crippen LogP contribution in [-0.4, -0.2) is 151 Å². The van der Waals surface area contributed by atoms with Crippen molar-refractivity contribution in [3.05, 3.63) is 22.2 Å². The number of azide groups is 1. The Balaban J connectivity index is 1.35. The fraction of sp³-hybridized carbons (Fsp3) is 0.833. The first kappa shape index (κ1) is 41.2. The summed E-state index contributed by atoms with van der Waals surface area (Å²) in [4.78, 5) is 57.2. The van der Waals surface area contributed by atoms with E-state index < -0.39 is 59.2 Å². The number of aliphatic imine (C=N–C) groups is 1. The molecule has 2 saturated heterocycles. The maximum atomic E-state index is 12.2. The maximum Gasteiger partial charge on any atom is 0.470 e. The SMILES string of the molecule is [N-]=[N+]=NCCOCCOCCOCCOCCC(=O)NCCCC1=CN([C@@H]2O[C@H](COP(=O)(O)O)C(OP(=O)(O)O)C2O)C2OC2N=C1N. The van der Waals surface area contributed by atoms with E-state index in [-0.39, 0.29) is 37.9 Å². The molecule has 49 heavy (non-hydrogen) atoms. The van der Waals surface area contributed by atoms with E-state index in [0.29, 0.717) is 64.7 Å². The second kappa shape index (κ2) is 20.5. The van der Waals surface area contributed by atoms with E-state index in [4.69, 9.17) is 49.5 Å². The van der Waals surface area contributed by atoms with E-state index in [1.165, 1.54) is 11.1 Å². The molecule has 1 amide bonds. The Hall–Kier alpha value is -2.27. The molecule has 23 nitrogen and oxygen atoms in total. The highest BCUT2D eigenvalue weighted by molar-refractivity contribution is 7.46. The summed E-state index contributed by atoms with van der Waals surface area (Å²) in [6, 6.07) is 0. The number of phosphoric acid groups is 2. The van der Waals surface area contributed by atoms with Gasteiger partial charge in [0.05, 0.1) is 59.5 Å². The van der Waals surface area contributed by atoms with E-state index in [1.54, 1.807) is 0 Å². The van der Waals surface area contributed by atoms with E-state index in [1.807, 2.05) is 0 Å². The molecule has 0 saturated carbocycles. The predicted octanol–water partition coefficient (Wildman–Crippen LogP) is -1.44. The number of aliphatic hydroxyl groups is 1. The Bertz CT molecular complexity index is 1260. The Morgan fingerprint density at radius 3 is 2.24 bits per heavy atom. The average molecular weight is 748 g/mol. The van der Waals surface area contributed by atoms with Gasteiger partial charge in [-0.05, 0) is 18.4 Å². The molecule has 3 heterocycles. The lowest BCUT2D eigenvalue weighted by molar-refractivity contribution is -0.122. The number of hydrogen-bond donors (Lipinski definition) is 7. The number of carbonyl (C=O) groups is 1. The summed E-state index contributed by atoms with van der Waals surface area (Å²) in [6.07, 6.45) is -5.38. The van der Waals surface area contributed by atoms with Crippen molar-refractivity contribution in [2.75, 3.05) is 72.6 Å². The van der Waals surface area contributed by atoms with Gasteiger partial charge in [-0.25, -0.2) is 14.1 Å². The van der Waals surface area contributed by atoms with Crippen LogP contribution in [0.5, 0.6) is 0 Å². The first-order valence-electron chi connectivity index (χ1n) is 15.1. The molecule has 3 aliphatic rings. The number of aliphatic hydroxyl groups excluding tert-OH is 1. The molecule has 2 fully saturated rings. The molecule has 0 aliphatic carbocycles. The number of amidine groups is 1. The Kier molecular flexibility index (Phi) is 17.3. The number of phosphoric ester groups is 2. The average Bonchev–Trinajstić information content (AvgIpc) is 3.74. The molecule has 8 N–H and O–H groups in total. The highest BCUT2D eigenvalue weighted by Crippen LogP contribution is 2.45. The summed E-state index contributed by atoms with van der Waals surface area (Å²) < 4.78 is 64.3. The third kappa shape index (κ3) is 15.7. The van der Waals surface area contributed by atoms with Gasteiger partial charge in [0, 0.05) is 36.2 Å². The summed E-state index contributed by atoms with van der Waals surface area (Å²) in [5, 5.41) is 17.0. The molecule has 3 aliphatic heterocycles. The zero-order valence-electron chi connectivity index (χ0n) is 26.4. The van der Waals surface area contributed by atoms with Gasteiger partial charge >= 0.3 is 15.6 Å². The van der Waals surface area contributed by atoms with Crippen molar-refractivity contribution in [1.29, 1.82) is 0 Å². The number of ether oxygens (including phenoxy) is 6. The molecule has 0 aromatic rings. The van der Waals surface area contributed by atoms with E-state index in [0.717, 1.165) is 0 Å². The lowest BCUT2D eigenvalue weighted by Gasteiger charge is -2.28. The number of nitrogens with zero attached hydrogens (tertiary/aromatic N) is 5. The van der Waals surface area contributed by atoms with Crippen molar-refractivity contribution in [1.82, 2.24) is 10.2 Å². The van der Waals surface area contributed by atoms with E-state index in [9.17, 15) is 28.8 Å². The second-order valence-corrected chi connectivity index (χ2v) is 13.0. The summed E-state index contributed by atoms with van der Waals surface area (Å²) in [5.74, 6) is -0.0980. The van der Waals surface area contributed by atoms with Crippen LogP contribution in [0, 0.1) is 0 Å². The number of fused-ring (bicyclic) bond motifs is 1. The number of epoxide rings is 1. The molecular formula is C24H43N7O16P2. The van der Waals surface area contributed by atoms with Crippen LogP contribution >= 0.6 is 15.6 Å². The van der Waals surface area contributed by atoms with Crippen molar-refractivity contribution in [2.24, 2.45) is 15.8 Å². The van der Waals surface area contributed by atoms with Crippen molar-refractivity contribution in [3.63, 3.8) is 0 Å². The predicted molar refractivity (Wildman–Crippen MR) is 164 cm³/mol. The zero-order valence-corrected chi connectivity index (χ0v) is 28.2. The number of nitrogens with two attached hydrogens (primary N) is 1. The maximum absolute atomic E-state index is 12.2. The molecule has 0 aromatic carbocycles.